The van der Waals surface area contributed by atoms with Crippen LogP contribution in [0.4, 0.5) is 0 Å². The lowest BCUT2D eigenvalue weighted by Gasteiger charge is -2.25. The van der Waals surface area contributed by atoms with E-state index in [1.54, 1.807) is 48.7 Å². The zero-order valence-corrected chi connectivity index (χ0v) is 20.2. The van der Waals surface area contributed by atoms with Gasteiger partial charge in [0.05, 0.1) is 22.8 Å². The molecule has 3 aromatic rings. The van der Waals surface area contributed by atoms with Crippen LogP contribution in [0.25, 0.3) is 5.82 Å². The lowest BCUT2D eigenvalue weighted by atomic mass is 10.0. The van der Waals surface area contributed by atoms with Gasteiger partial charge in [0.2, 0.25) is 5.78 Å². The highest BCUT2D eigenvalue weighted by molar-refractivity contribution is 7.91. The number of rotatable bonds is 9. The molecule has 1 fully saturated rings. The van der Waals surface area contributed by atoms with E-state index in [1.165, 1.54) is 10.9 Å². The van der Waals surface area contributed by atoms with E-state index in [-0.39, 0.29) is 29.3 Å². The number of carbonyl (C=O) groups excluding carboxylic acids is 3. The first kappa shape index (κ1) is 25.2. The molecule has 12 heteroatoms. The highest BCUT2D eigenvalue weighted by Crippen LogP contribution is 2.14. The van der Waals surface area contributed by atoms with E-state index in [0.29, 0.717) is 25.3 Å². The SMILES string of the molecule is NC(=O)C(=O)C(Cc1ccccc1)NC(=O)c1cccnc1-n1ccc(CN2CCS(=O)(=O)CC2)n1. The molecular formula is C24H26N6O5S. The molecule has 188 valence electrons. The predicted molar refractivity (Wildman–Crippen MR) is 131 cm³/mol. The number of pyridine rings is 1. The maximum Gasteiger partial charge on any atom is 0.287 e. The van der Waals surface area contributed by atoms with E-state index < -0.39 is 33.5 Å². The van der Waals surface area contributed by atoms with Crippen molar-refractivity contribution in [2.75, 3.05) is 24.6 Å². The first-order chi connectivity index (χ1) is 17.2. The first-order valence-corrected chi connectivity index (χ1v) is 13.1. The number of nitrogens with two attached hydrogens (primary N) is 1. The standard InChI is InChI=1S/C24H26N6O5S/c25-22(32)21(31)20(15-17-5-2-1-3-6-17)27-24(33)19-7-4-9-26-23(19)30-10-8-18(28-30)16-29-11-13-36(34,35)14-12-29/h1-10,20H,11-16H2,(H2,25,32)(H,27,33). The second-order valence-electron chi connectivity index (χ2n) is 8.50. The van der Waals surface area contributed by atoms with Crippen LogP contribution >= 0.6 is 0 Å². The molecule has 0 bridgehead atoms. The van der Waals surface area contributed by atoms with E-state index in [4.69, 9.17) is 5.73 Å². The Bertz CT molecular complexity index is 1360. The predicted octanol–water partition coefficient (Wildman–Crippen LogP) is -0.107. The molecule has 1 atom stereocenters. The highest BCUT2D eigenvalue weighted by atomic mass is 32.2. The number of primary amides is 1. The summed E-state index contributed by atoms with van der Waals surface area (Å²) in [5.74, 6) is -2.16. The van der Waals surface area contributed by atoms with Gasteiger partial charge >= 0.3 is 0 Å². The fourth-order valence-electron chi connectivity index (χ4n) is 3.92. The lowest BCUT2D eigenvalue weighted by Crippen LogP contribution is -2.47. The lowest BCUT2D eigenvalue weighted by molar-refractivity contribution is -0.137. The third-order valence-corrected chi connectivity index (χ3v) is 7.47. The van der Waals surface area contributed by atoms with Crippen molar-refractivity contribution in [1.29, 1.82) is 0 Å². The zero-order valence-electron chi connectivity index (χ0n) is 19.4. The molecule has 1 saturated heterocycles. The number of sulfone groups is 1. The van der Waals surface area contributed by atoms with Crippen LogP contribution in [0, 0.1) is 0 Å². The van der Waals surface area contributed by atoms with Gasteiger partial charge in [-0.15, -0.1) is 0 Å². The minimum absolute atomic E-state index is 0.0986. The van der Waals surface area contributed by atoms with Crippen LogP contribution in [0.1, 0.15) is 21.6 Å². The van der Waals surface area contributed by atoms with Crippen molar-refractivity contribution in [3.05, 3.63) is 77.7 Å². The number of nitrogens with one attached hydrogen (secondary N) is 1. The highest BCUT2D eigenvalue weighted by Gasteiger charge is 2.27. The van der Waals surface area contributed by atoms with Crippen LogP contribution in [0.5, 0.6) is 0 Å². The Morgan fingerprint density at radius 1 is 1.03 bits per heavy atom. The van der Waals surface area contributed by atoms with Crippen molar-refractivity contribution in [3.63, 3.8) is 0 Å². The fourth-order valence-corrected chi connectivity index (χ4v) is 5.20. The van der Waals surface area contributed by atoms with Crippen molar-refractivity contribution in [1.82, 2.24) is 25.0 Å². The molecule has 11 nitrogen and oxygen atoms in total. The van der Waals surface area contributed by atoms with Crippen molar-refractivity contribution < 1.29 is 22.8 Å². The Hall–Kier alpha value is -3.90. The van der Waals surface area contributed by atoms with Crippen LogP contribution in [0.15, 0.2) is 60.9 Å². The van der Waals surface area contributed by atoms with Crippen LogP contribution in [0.2, 0.25) is 0 Å². The molecule has 0 spiro atoms. The molecule has 0 radical (unpaired) electrons. The van der Waals surface area contributed by atoms with Gasteiger partial charge in [0.25, 0.3) is 11.8 Å². The summed E-state index contributed by atoms with van der Waals surface area (Å²) in [4.78, 5) is 43.5. The van der Waals surface area contributed by atoms with Crippen molar-refractivity contribution in [3.8, 4) is 5.82 Å². The summed E-state index contributed by atoms with van der Waals surface area (Å²) in [6.45, 7) is 1.33. The number of aromatic nitrogens is 3. The average molecular weight is 511 g/mol. The van der Waals surface area contributed by atoms with E-state index in [0.717, 1.165) is 5.56 Å². The minimum Gasteiger partial charge on any atom is -0.363 e. The molecule has 1 aliphatic rings. The summed E-state index contributed by atoms with van der Waals surface area (Å²) in [7, 11) is -2.98. The summed E-state index contributed by atoms with van der Waals surface area (Å²) in [6.07, 6.45) is 3.27. The summed E-state index contributed by atoms with van der Waals surface area (Å²) in [5, 5.41) is 7.12. The number of hydrogen-bond donors (Lipinski definition) is 2. The number of nitrogens with zero attached hydrogens (tertiary/aromatic N) is 4. The monoisotopic (exact) mass is 510 g/mol. The van der Waals surface area contributed by atoms with Crippen LogP contribution in [0.3, 0.4) is 0 Å². The third kappa shape index (κ3) is 6.20. The summed E-state index contributed by atoms with van der Waals surface area (Å²) >= 11 is 0. The molecule has 1 aromatic carbocycles. The second kappa shape index (κ2) is 10.8. The number of benzene rings is 1. The van der Waals surface area contributed by atoms with Gasteiger partial charge in [-0.1, -0.05) is 30.3 Å². The van der Waals surface area contributed by atoms with E-state index in [1.807, 2.05) is 11.0 Å². The van der Waals surface area contributed by atoms with Crippen LogP contribution in [-0.4, -0.2) is 76.3 Å². The molecule has 0 saturated carbocycles. The Morgan fingerprint density at radius 3 is 2.44 bits per heavy atom. The Labute approximate surface area is 208 Å². The number of ketones is 1. The van der Waals surface area contributed by atoms with E-state index >= 15 is 0 Å². The second-order valence-corrected chi connectivity index (χ2v) is 10.8. The molecule has 3 heterocycles. The average Bonchev–Trinajstić information content (AvgIpc) is 3.33. The smallest absolute Gasteiger partial charge is 0.287 e. The summed E-state index contributed by atoms with van der Waals surface area (Å²) < 4.78 is 24.8. The van der Waals surface area contributed by atoms with Gasteiger partial charge in [0.15, 0.2) is 15.7 Å². The Kier molecular flexibility index (Phi) is 7.55. The van der Waals surface area contributed by atoms with Crippen LogP contribution in [-0.2, 0) is 32.4 Å². The molecule has 4 rings (SSSR count). The van der Waals surface area contributed by atoms with Gasteiger partial charge in [-0.3, -0.25) is 19.3 Å². The van der Waals surface area contributed by atoms with Gasteiger partial charge < -0.3 is 11.1 Å². The molecule has 2 amide bonds. The minimum atomic E-state index is -2.98. The summed E-state index contributed by atoms with van der Waals surface area (Å²) in [6, 6.07) is 12.7. The normalized spacial score (nSPS) is 16.2. The maximum atomic E-state index is 13.2. The van der Waals surface area contributed by atoms with Crippen molar-refractivity contribution in [2.24, 2.45) is 5.73 Å². The first-order valence-electron chi connectivity index (χ1n) is 11.3. The van der Waals surface area contributed by atoms with E-state index in [2.05, 4.69) is 15.4 Å². The van der Waals surface area contributed by atoms with E-state index in [9.17, 15) is 22.8 Å². The van der Waals surface area contributed by atoms with Gasteiger partial charge in [0, 0.05) is 38.4 Å². The number of carbonyl (C=O) groups is 3. The molecule has 1 aliphatic heterocycles. The molecule has 1 unspecified atom stereocenters. The van der Waals surface area contributed by atoms with Gasteiger partial charge in [-0.25, -0.2) is 18.1 Å². The van der Waals surface area contributed by atoms with Crippen molar-refractivity contribution >= 4 is 27.4 Å². The van der Waals surface area contributed by atoms with Crippen LogP contribution < -0.4 is 11.1 Å². The molecule has 3 N–H and O–H groups in total. The quantitative estimate of drug-likeness (QED) is 0.378. The molecule has 2 aromatic heterocycles. The Balaban J connectivity index is 1.51. The number of amides is 2. The zero-order chi connectivity index (χ0) is 25.7. The number of hydrogen-bond acceptors (Lipinski definition) is 8. The molecule has 36 heavy (non-hydrogen) atoms. The molecular weight excluding hydrogens is 484 g/mol. The van der Waals surface area contributed by atoms with Gasteiger partial charge in [0.1, 0.15) is 6.04 Å². The third-order valence-electron chi connectivity index (χ3n) is 5.86. The Morgan fingerprint density at radius 2 is 1.75 bits per heavy atom. The van der Waals surface area contributed by atoms with Gasteiger partial charge in [-0.2, -0.15) is 5.10 Å². The molecule has 0 aliphatic carbocycles. The maximum absolute atomic E-state index is 13.2. The van der Waals surface area contributed by atoms with Crippen molar-refractivity contribution in [2.45, 2.75) is 19.0 Å². The number of Topliss-reactive ketones (excluding diaryl/α,β-unsaturated/α-hetero) is 1. The fraction of sp³-hybridized carbons (Fsp3) is 0.292. The summed E-state index contributed by atoms with van der Waals surface area (Å²) in [5.41, 5.74) is 6.82. The van der Waals surface area contributed by atoms with Gasteiger partial charge in [-0.05, 0) is 23.8 Å². The largest absolute Gasteiger partial charge is 0.363 e. The topological polar surface area (TPSA) is 157 Å².